The van der Waals surface area contributed by atoms with Gasteiger partial charge in [-0.1, -0.05) is 26.0 Å². The third kappa shape index (κ3) is 6.20. The molecule has 27 heavy (non-hydrogen) atoms. The highest BCUT2D eigenvalue weighted by molar-refractivity contribution is 7.09. The van der Waals surface area contributed by atoms with Crippen LogP contribution in [0.1, 0.15) is 37.0 Å². The van der Waals surface area contributed by atoms with Gasteiger partial charge in [-0.15, -0.1) is 11.3 Å². The normalized spacial score (nSPS) is 12.9. The summed E-state index contributed by atoms with van der Waals surface area (Å²) in [7, 11) is 0. The standard InChI is InChI=1S/C18H22F4N4S/c1-4-23-16(24-9-15-26-14(10-27-15)18(20,21)22)25-11-17(2,3)12-5-7-13(19)8-6-12/h5-8,10H,4,9,11H2,1-3H3,(H2,23,24,25). The Morgan fingerprint density at radius 3 is 2.37 bits per heavy atom. The molecule has 0 radical (unpaired) electrons. The summed E-state index contributed by atoms with van der Waals surface area (Å²) < 4.78 is 51.0. The highest BCUT2D eigenvalue weighted by atomic mass is 32.1. The molecule has 0 fully saturated rings. The summed E-state index contributed by atoms with van der Waals surface area (Å²) in [6.45, 7) is 7.08. The first kappa shape index (κ1) is 21.1. The second-order valence-electron chi connectivity index (χ2n) is 6.56. The van der Waals surface area contributed by atoms with Crippen molar-refractivity contribution in [2.45, 2.75) is 38.9 Å². The monoisotopic (exact) mass is 402 g/mol. The van der Waals surface area contributed by atoms with E-state index in [-0.39, 0.29) is 22.8 Å². The minimum Gasteiger partial charge on any atom is -0.357 e. The number of guanidine groups is 1. The molecule has 0 atom stereocenters. The van der Waals surface area contributed by atoms with E-state index < -0.39 is 11.9 Å². The number of benzene rings is 1. The van der Waals surface area contributed by atoms with Gasteiger partial charge in [-0.2, -0.15) is 13.2 Å². The van der Waals surface area contributed by atoms with Crippen LogP contribution in [0, 0.1) is 5.82 Å². The molecule has 0 aliphatic heterocycles. The summed E-state index contributed by atoms with van der Waals surface area (Å²) in [5.74, 6) is 0.190. The van der Waals surface area contributed by atoms with Crippen molar-refractivity contribution in [1.82, 2.24) is 15.6 Å². The van der Waals surface area contributed by atoms with E-state index in [1.54, 1.807) is 12.1 Å². The summed E-state index contributed by atoms with van der Waals surface area (Å²) in [6.07, 6.45) is -4.44. The number of rotatable bonds is 6. The lowest BCUT2D eigenvalue weighted by Crippen LogP contribution is -2.43. The Balaban J connectivity index is 2.02. The van der Waals surface area contributed by atoms with Crippen LogP contribution in [0.15, 0.2) is 34.6 Å². The first-order valence-corrected chi connectivity index (χ1v) is 9.29. The van der Waals surface area contributed by atoms with Gasteiger partial charge in [0.25, 0.3) is 0 Å². The fraction of sp³-hybridized carbons (Fsp3) is 0.444. The Morgan fingerprint density at radius 1 is 1.15 bits per heavy atom. The molecule has 148 valence electrons. The summed E-state index contributed by atoms with van der Waals surface area (Å²) in [6, 6.07) is 6.29. The van der Waals surface area contributed by atoms with E-state index in [0.717, 1.165) is 22.3 Å². The van der Waals surface area contributed by atoms with Gasteiger partial charge in [-0.25, -0.2) is 14.4 Å². The molecule has 0 spiro atoms. The Kier molecular flexibility index (Phi) is 6.80. The summed E-state index contributed by atoms with van der Waals surface area (Å²) in [4.78, 5) is 7.88. The number of thiazole rings is 1. The van der Waals surface area contributed by atoms with Crippen LogP contribution < -0.4 is 10.6 Å². The summed E-state index contributed by atoms with van der Waals surface area (Å²) >= 11 is 0.929. The van der Waals surface area contributed by atoms with Crippen molar-refractivity contribution in [3.05, 3.63) is 51.7 Å². The van der Waals surface area contributed by atoms with Gasteiger partial charge < -0.3 is 10.6 Å². The largest absolute Gasteiger partial charge is 0.434 e. The van der Waals surface area contributed by atoms with Crippen LogP contribution in [0.3, 0.4) is 0 Å². The average Bonchev–Trinajstić information content (AvgIpc) is 3.07. The number of aliphatic imine (C=N–C) groups is 1. The van der Waals surface area contributed by atoms with Gasteiger partial charge >= 0.3 is 6.18 Å². The van der Waals surface area contributed by atoms with E-state index >= 15 is 0 Å². The molecule has 0 bridgehead atoms. The highest BCUT2D eigenvalue weighted by Crippen LogP contribution is 2.30. The van der Waals surface area contributed by atoms with Gasteiger partial charge in [0.2, 0.25) is 0 Å². The molecule has 0 unspecified atom stereocenters. The minimum atomic E-state index is -4.44. The number of aromatic nitrogens is 1. The van der Waals surface area contributed by atoms with Crippen LogP contribution in [-0.4, -0.2) is 24.0 Å². The molecule has 1 aromatic carbocycles. The molecule has 0 saturated heterocycles. The fourth-order valence-corrected chi connectivity index (χ4v) is 3.03. The lowest BCUT2D eigenvalue weighted by atomic mass is 9.84. The Morgan fingerprint density at radius 2 is 1.81 bits per heavy atom. The number of halogens is 4. The van der Waals surface area contributed by atoms with Crippen LogP contribution in [0.4, 0.5) is 17.6 Å². The van der Waals surface area contributed by atoms with Crippen molar-refractivity contribution < 1.29 is 17.6 Å². The molecule has 0 aliphatic carbocycles. The molecule has 0 aliphatic rings. The van der Waals surface area contributed by atoms with E-state index in [1.807, 2.05) is 20.8 Å². The van der Waals surface area contributed by atoms with Gasteiger partial charge in [0.15, 0.2) is 11.7 Å². The lowest BCUT2D eigenvalue weighted by Gasteiger charge is -2.26. The molecule has 9 heteroatoms. The van der Waals surface area contributed by atoms with Crippen molar-refractivity contribution in [2.75, 3.05) is 13.1 Å². The molecular formula is C18H22F4N4S. The molecule has 0 saturated carbocycles. The minimum absolute atomic E-state index is 0.0487. The maximum atomic E-state index is 13.1. The van der Waals surface area contributed by atoms with E-state index in [0.29, 0.717) is 19.0 Å². The van der Waals surface area contributed by atoms with Crippen LogP contribution >= 0.6 is 11.3 Å². The molecule has 4 nitrogen and oxygen atoms in total. The maximum Gasteiger partial charge on any atom is 0.434 e. The van der Waals surface area contributed by atoms with Crippen molar-refractivity contribution in [3.8, 4) is 0 Å². The number of nitrogens with one attached hydrogen (secondary N) is 2. The Labute approximate surface area is 159 Å². The molecule has 2 N–H and O–H groups in total. The third-order valence-corrected chi connectivity index (χ3v) is 4.72. The van der Waals surface area contributed by atoms with Crippen molar-refractivity contribution in [1.29, 1.82) is 0 Å². The van der Waals surface area contributed by atoms with Gasteiger partial charge in [0.1, 0.15) is 10.8 Å². The zero-order valence-corrected chi connectivity index (χ0v) is 16.1. The third-order valence-electron chi connectivity index (χ3n) is 3.88. The van der Waals surface area contributed by atoms with Crippen LogP contribution in [-0.2, 0) is 18.1 Å². The first-order chi connectivity index (χ1) is 12.6. The van der Waals surface area contributed by atoms with Gasteiger partial charge in [-0.3, -0.25) is 0 Å². The second kappa shape index (κ2) is 8.69. The molecule has 2 rings (SSSR count). The number of nitrogens with zero attached hydrogens (tertiary/aromatic N) is 2. The quantitative estimate of drug-likeness (QED) is 0.430. The smallest absolute Gasteiger partial charge is 0.357 e. The van der Waals surface area contributed by atoms with Gasteiger partial charge in [0.05, 0.1) is 6.54 Å². The van der Waals surface area contributed by atoms with E-state index in [2.05, 4.69) is 20.6 Å². The van der Waals surface area contributed by atoms with Gasteiger partial charge in [0, 0.05) is 23.9 Å². The van der Waals surface area contributed by atoms with Crippen LogP contribution in [0.5, 0.6) is 0 Å². The average molecular weight is 402 g/mol. The molecule has 0 amide bonds. The predicted molar refractivity (Wildman–Crippen MR) is 99.4 cm³/mol. The van der Waals surface area contributed by atoms with Crippen molar-refractivity contribution in [3.63, 3.8) is 0 Å². The predicted octanol–water partition coefficient (Wildman–Crippen LogP) is 4.33. The Bertz CT molecular complexity index is 766. The topological polar surface area (TPSA) is 49.3 Å². The second-order valence-corrected chi connectivity index (χ2v) is 7.51. The molecule has 1 heterocycles. The fourth-order valence-electron chi connectivity index (χ4n) is 2.31. The first-order valence-electron chi connectivity index (χ1n) is 8.41. The molecule has 1 aromatic heterocycles. The number of hydrogen-bond donors (Lipinski definition) is 2. The zero-order chi connectivity index (χ0) is 20.1. The molecular weight excluding hydrogens is 380 g/mol. The number of hydrogen-bond acceptors (Lipinski definition) is 3. The van der Waals surface area contributed by atoms with Crippen LogP contribution in [0.2, 0.25) is 0 Å². The number of alkyl halides is 3. The van der Waals surface area contributed by atoms with Crippen molar-refractivity contribution in [2.24, 2.45) is 4.99 Å². The molecule has 2 aromatic rings. The van der Waals surface area contributed by atoms with E-state index in [1.165, 1.54) is 12.1 Å². The maximum absolute atomic E-state index is 13.1. The van der Waals surface area contributed by atoms with Crippen LogP contribution in [0.25, 0.3) is 0 Å². The highest BCUT2D eigenvalue weighted by Gasteiger charge is 2.33. The zero-order valence-electron chi connectivity index (χ0n) is 15.3. The van der Waals surface area contributed by atoms with Crippen molar-refractivity contribution >= 4 is 17.3 Å². The Hall–Kier alpha value is -2.16. The summed E-state index contributed by atoms with van der Waals surface area (Å²) in [5, 5.41) is 7.52. The van der Waals surface area contributed by atoms with E-state index in [9.17, 15) is 17.6 Å². The SMILES string of the molecule is CCNC(=NCc1nc(C(F)(F)F)cs1)NCC(C)(C)c1ccc(F)cc1. The van der Waals surface area contributed by atoms with E-state index in [4.69, 9.17) is 0 Å². The summed E-state index contributed by atoms with van der Waals surface area (Å²) in [5.41, 5.74) is -0.232. The van der Waals surface area contributed by atoms with Gasteiger partial charge in [-0.05, 0) is 24.6 Å². The lowest BCUT2D eigenvalue weighted by molar-refractivity contribution is -0.140.